The summed E-state index contributed by atoms with van der Waals surface area (Å²) in [6, 6.07) is 4.29. The van der Waals surface area contributed by atoms with E-state index in [4.69, 9.17) is 0 Å². The Bertz CT molecular complexity index is 905. The van der Waals surface area contributed by atoms with Crippen LogP contribution in [0.4, 0.5) is 17.6 Å². The fraction of sp³-hybridized carbons (Fsp3) is 0.188. The quantitative estimate of drug-likeness (QED) is 0.630. The van der Waals surface area contributed by atoms with Gasteiger partial charge in [-0.05, 0) is 40.2 Å². The highest BCUT2D eigenvalue weighted by Gasteiger charge is 2.57. The van der Waals surface area contributed by atoms with Gasteiger partial charge < -0.3 is 5.11 Å². The number of aromatic nitrogens is 4. The summed E-state index contributed by atoms with van der Waals surface area (Å²) >= 11 is 3.08. The van der Waals surface area contributed by atoms with Crippen molar-refractivity contribution >= 4 is 15.9 Å². The highest BCUT2D eigenvalue weighted by atomic mass is 79.9. The highest BCUT2D eigenvalue weighted by Crippen LogP contribution is 2.46. The van der Waals surface area contributed by atoms with Gasteiger partial charge in [-0.3, -0.25) is 4.98 Å². The van der Waals surface area contributed by atoms with E-state index >= 15 is 8.78 Å². The van der Waals surface area contributed by atoms with E-state index in [2.05, 4.69) is 31.0 Å². The standard InChI is InChI=1S/C16H11BrF4N4O/c17-10-1-4-14(23-6-10)16(20,21)15(26,7-25-9-22-8-24-25)12-3-2-11(18)5-13(12)19/h1-6,8-9,26H,7H2/t15-/m0/s1. The van der Waals surface area contributed by atoms with Gasteiger partial charge in [0.2, 0.25) is 0 Å². The molecule has 0 aliphatic carbocycles. The first-order valence-electron chi connectivity index (χ1n) is 7.24. The summed E-state index contributed by atoms with van der Waals surface area (Å²) in [4.78, 5) is 7.24. The number of aliphatic hydroxyl groups is 1. The van der Waals surface area contributed by atoms with Gasteiger partial charge in [-0.25, -0.2) is 18.4 Å². The molecule has 10 heteroatoms. The molecule has 0 fully saturated rings. The lowest BCUT2D eigenvalue weighted by molar-refractivity contribution is -0.207. The third-order valence-corrected chi connectivity index (χ3v) is 4.27. The van der Waals surface area contributed by atoms with Crippen LogP contribution in [0.1, 0.15) is 11.3 Å². The van der Waals surface area contributed by atoms with E-state index in [0.29, 0.717) is 10.5 Å². The molecule has 26 heavy (non-hydrogen) atoms. The number of hydrogen-bond acceptors (Lipinski definition) is 4. The summed E-state index contributed by atoms with van der Waals surface area (Å²) in [6.07, 6.45) is 3.30. The topological polar surface area (TPSA) is 63.8 Å². The van der Waals surface area contributed by atoms with Crippen LogP contribution < -0.4 is 0 Å². The van der Waals surface area contributed by atoms with Crippen molar-refractivity contribution in [3.8, 4) is 0 Å². The number of rotatable bonds is 5. The van der Waals surface area contributed by atoms with Gasteiger partial charge in [-0.2, -0.15) is 13.9 Å². The Morgan fingerprint density at radius 3 is 2.50 bits per heavy atom. The summed E-state index contributed by atoms with van der Waals surface area (Å²) < 4.78 is 59.4. The van der Waals surface area contributed by atoms with Crippen molar-refractivity contribution in [2.45, 2.75) is 18.1 Å². The Kier molecular flexibility index (Phi) is 4.80. The predicted octanol–water partition coefficient (Wildman–Crippen LogP) is 3.39. The molecule has 2 heterocycles. The molecule has 0 radical (unpaired) electrons. The molecule has 0 bridgehead atoms. The molecule has 0 amide bonds. The summed E-state index contributed by atoms with van der Waals surface area (Å²) in [5.41, 5.74) is -4.67. The molecule has 0 aliphatic rings. The number of nitrogens with zero attached hydrogens (tertiary/aromatic N) is 4. The molecule has 0 unspecified atom stereocenters. The maximum Gasteiger partial charge on any atom is 0.323 e. The Morgan fingerprint density at radius 1 is 1.15 bits per heavy atom. The first kappa shape index (κ1) is 18.5. The van der Waals surface area contributed by atoms with Gasteiger partial charge >= 0.3 is 5.92 Å². The van der Waals surface area contributed by atoms with Gasteiger partial charge in [0.05, 0.1) is 6.54 Å². The fourth-order valence-electron chi connectivity index (χ4n) is 2.50. The summed E-state index contributed by atoms with van der Waals surface area (Å²) in [5.74, 6) is -6.30. The van der Waals surface area contributed by atoms with Crippen LogP contribution in [0.15, 0.2) is 53.7 Å². The molecule has 1 N–H and O–H groups in total. The second kappa shape index (κ2) is 6.76. The van der Waals surface area contributed by atoms with Gasteiger partial charge in [0.15, 0.2) is 5.60 Å². The third-order valence-electron chi connectivity index (χ3n) is 3.80. The van der Waals surface area contributed by atoms with Gasteiger partial charge in [0, 0.05) is 22.3 Å². The van der Waals surface area contributed by atoms with E-state index in [1.54, 1.807) is 0 Å². The van der Waals surface area contributed by atoms with Crippen LogP contribution in [-0.4, -0.2) is 24.9 Å². The van der Waals surface area contributed by atoms with E-state index in [9.17, 15) is 13.9 Å². The van der Waals surface area contributed by atoms with Gasteiger partial charge in [-0.15, -0.1) is 0 Å². The van der Waals surface area contributed by atoms with Crippen LogP contribution in [0, 0.1) is 11.6 Å². The zero-order valence-corrected chi connectivity index (χ0v) is 14.5. The van der Waals surface area contributed by atoms with Crippen molar-refractivity contribution in [2.24, 2.45) is 0 Å². The minimum absolute atomic E-state index is 0.423. The number of pyridine rings is 1. The SMILES string of the molecule is O[C@@](Cn1cncn1)(c1ccc(F)cc1F)C(F)(F)c1ccc(Br)cn1. The fourth-order valence-corrected chi connectivity index (χ4v) is 2.74. The molecule has 5 nitrogen and oxygen atoms in total. The van der Waals surface area contributed by atoms with Crippen LogP contribution in [0.2, 0.25) is 0 Å². The van der Waals surface area contributed by atoms with Crippen molar-refractivity contribution in [2.75, 3.05) is 0 Å². The molecule has 2 aromatic heterocycles. The normalized spacial score (nSPS) is 14.2. The molecule has 1 aromatic carbocycles. The van der Waals surface area contributed by atoms with Crippen LogP contribution in [0.3, 0.4) is 0 Å². The number of alkyl halides is 2. The molecule has 0 saturated carbocycles. The van der Waals surface area contributed by atoms with Crippen LogP contribution in [0.25, 0.3) is 0 Å². The zero-order chi connectivity index (χ0) is 18.9. The molecular weight excluding hydrogens is 420 g/mol. The van der Waals surface area contributed by atoms with Crippen molar-refractivity contribution in [3.05, 3.63) is 76.5 Å². The summed E-state index contributed by atoms with van der Waals surface area (Å²) in [6.45, 7) is -0.833. The minimum atomic E-state index is -4.03. The Balaban J connectivity index is 2.17. The average Bonchev–Trinajstić information content (AvgIpc) is 3.07. The zero-order valence-electron chi connectivity index (χ0n) is 13.0. The number of halogens is 5. The average molecular weight is 431 g/mol. The lowest BCUT2D eigenvalue weighted by Gasteiger charge is -2.35. The second-order valence-electron chi connectivity index (χ2n) is 5.51. The van der Waals surface area contributed by atoms with E-state index < -0.39 is 41.0 Å². The van der Waals surface area contributed by atoms with Crippen LogP contribution >= 0.6 is 15.9 Å². The Labute approximate surface area is 153 Å². The third kappa shape index (κ3) is 3.21. The Morgan fingerprint density at radius 2 is 1.92 bits per heavy atom. The van der Waals surface area contributed by atoms with Crippen molar-refractivity contribution in [1.29, 1.82) is 0 Å². The van der Waals surface area contributed by atoms with Gasteiger partial charge in [0.25, 0.3) is 0 Å². The lowest BCUT2D eigenvalue weighted by atomic mass is 9.84. The van der Waals surface area contributed by atoms with E-state index in [1.807, 2.05) is 0 Å². The minimum Gasteiger partial charge on any atom is -0.377 e. The van der Waals surface area contributed by atoms with E-state index in [1.165, 1.54) is 6.07 Å². The van der Waals surface area contributed by atoms with Crippen molar-refractivity contribution in [1.82, 2.24) is 19.7 Å². The molecule has 0 aliphatic heterocycles. The lowest BCUT2D eigenvalue weighted by Crippen LogP contribution is -2.48. The molecule has 3 aromatic rings. The van der Waals surface area contributed by atoms with E-state index in [-0.39, 0.29) is 0 Å². The molecular formula is C16H11BrF4N4O. The summed E-state index contributed by atoms with van der Waals surface area (Å²) in [5, 5.41) is 14.6. The van der Waals surface area contributed by atoms with Crippen LogP contribution in [-0.2, 0) is 18.1 Å². The molecule has 1 atom stereocenters. The van der Waals surface area contributed by atoms with Crippen molar-refractivity contribution < 1.29 is 22.7 Å². The molecule has 3 rings (SSSR count). The second-order valence-corrected chi connectivity index (χ2v) is 6.43. The van der Waals surface area contributed by atoms with E-state index in [0.717, 1.165) is 41.7 Å². The smallest absolute Gasteiger partial charge is 0.323 e. The van der Waals surface area contributed by atoms with Gasteiger partial charge in [0.1, 0.15) is 30.0 Å². The monoisotopic (exact) mass is 430 g/mol. The Hall–Kier alpha value is -2.33. The maximum atomic E-state index is 15.2. The molecule has 0 spiro atoms. The molecule has 136 valence electrons. The van der Waals surface area contributed by atoms with Crippen LogP contribution in [0.5, 0.6) is 0 Å². The van der Waals surface area contributed by atoms with Crippen molar-refractivity contribution in [3.63, 3.8) is 0 Å². The number of hydrogen-bond donors (Lipinski definition) is 1. The number of benzene rings is 1. The summed E-state index contributed by atoms with van der Waals surface area (Å²) in [7, 11) is 0. The first-order valence-corrected chi connectivity index (χ1v) is 8.03. The largest absolute Gasteiger partial charge is 0.377 e. The highest BCUT2D eigenvalue weighted by molar-refractivity contribution is 9.10. The van der Waals surface area contributed by atoms with Gasteiger partial charge in [-0.1, -0.05) is 0 Å². The maximum absolute atomic E-state index is 15.2. The predicted molar refractivity (Wildman–Crippen MR) is 86.1 cm³/mol. The first-order chi connectivity index (χ1) is 12.2. The molecule has 0 saturated heterocycles.